The molecule has 0 aliphatic heterocycles. The van der Waals surface area contributed by atoms with Crippen LogP contribution in [-0.2, 0) is 6.54 Å². The van der Waals surface area contributed by atoms with Gasteiger partial charge in [-0.3, -0.25) is 4.79 Å². The van der Waals surface area contributed by atoms with Crippen LogP contribution in [0.15, 0.2) is 47.1 Å². The van der Waals surface area contributed by atoms with E-state index in [0.29, 0.717) is 24.4 Å². The largest absolute Gasteiger partial charge is 0.467 e. The fourth-order valence-electron chi connectivity index (χ4n) is 3.67. The highest BCUT2D eigenvalue weighted by Gasteiger charge is 2.35. The van der Waals surface area contributed by atoms with Gasteiger partial charge in [-0.2, -0.15) is 0 Å². The molecule has 150 valence electrons. The van der Waals surface area contributed by atoms with Gasteiger partial charge in [-0.1, -0.05) is 43.2 Å². The molecule has 1 fully saturated rings. The number of carbonyl (C=O) groups is 1. The Balaban J connectivity index is 0.00000182. The molecule has 2 aromatic rings. The van der Waals surface area contributed by atoms with Gasteiger partial charge in [0.05, 0.1) is 12.1 Å². The lowest BCUT2D eigenvalue weighted by Gasteiger charge is -2.34. The standard InChI is InChI=1S/C20H27N3O2.2ClH/c1-15(16-7-3-2-4-8-16)23-20(9-5-6-10-20)14-22-19(24)17-11-18(12-21)25-13-17;;/h2-4,7-8,11,13,15,23H,5-6,9-10,12,14,21H2,1H3,(H,22,24);2*1H. The molecule has 4 N–H and O–H groups in total. The van der Waals surface area contributed by atoms with Crippen molar-refractivity contribution < 1.29 is 9.21 Å². The SMILES string of the molecule is CC(NC1(CNC(=O)c2coc(CN)c2)CCCC1)c1ccccc1.Cl.Cl. The van der Waals surface area contributed by atoms with Crippen LogP contribution < -0.4 is 16.4 Å². The van der Waals surface area contributed by atoms with Crippen molar-refractivity contribution in [2.45, 2.75) is 50.7 Å². The lowest BCUT2D eigenvalue weighted by Crippen LogP contribution is -2.52. The van der Waals surface area contributed by atoms with Crippen LogP contribution in [0.3, 0.4) is 0 Å². The molecule has 1 unspecified atom stereocenters. The summed E-state index contributed by atoms with van der Waals surface area (Å²) in [6.45, 7) is 3.10. The summed E-state index contributed by atoms with van der Waals surface area (Å²) in [6, 6.07) is 12.4. The van der Waals surface area contributed by atoms with Crippen LogP contribution >= 0.6 is 24.8 Å². The average Bonchev–Trinajstić information content (AvgIpc) is 3.30. The molecule has 0 bridgehead atoms. The van der Waals surface area contributed by atoms with Crippen LogP contribution in [0.2, 0.25) is 0 Å². The van der Waals surface area contributed by atoms with E-state index in [1.807, 2.05) is 6.07 Å². The highest BCUT2D eigenvalue weighted by atomic mass is 35.5. The first kappa shape index (κ1) is 23.5. The van der Waals surface area contributed by atoms with Crippen molar-refractivity contribution in [1.82, 2.24) is 10.6 Å². The summed E-state index contributed by atoms with van der Waals surface area (Å²) in [6.07, 6.45) is 5.99. The van der Waals surface area contributed by atoms with Crippen LogP contribution in [0.4, 0.5) is 0 Å². The zero-order chi connectivity index (χ0) is 17.7. The van der Waals surface area contributed by atoms with E-state index in [1.54, 1.807) is 6.07 Å². The van der Waals surface area contributed by atoms with Crippen molar-refractivity contribution in [2.24, 2.45) is 5.73 Å². The summed E-state index contributed by atoms with van der Waals surface area (Å²) >= 11 is 0. The second-order valence-corrected chi connectivity index (χ2v) is 6.95. The highest BCUT2D eigenvalue weighted by Crippen LogP contribution is 2.32. The van der Waals surface area contributed by atoms with Gasteiger partial charge < -0.3 is 20.8 Å². The molecule has 1 aliphatic rings. The van der Waals surface area contributed by atoms with Gasteiger partial charge in [0.1, 0.15) is 12.0 Å². The first-order chi connectivity index (χ1) is 12.1. The molecule has 1 saturated carbocycles. The van der Waals surface area contributed by atoms with E-state index in [9.17, 15) is 4.79 Å². The third kappa shape index (κ3) is 5.98. The summed E-state index contributed by atoms with van der Waals surface area (Å²) in [4.78, 5) is 12.4. The Labute approximate surface area is 173 Å². The number of hydrogen-bond donors (Lipinski definition) is 3. The van der Waals surface area contributed by atoms with Crippen molar-refractivity contribution in [3.63, 3.8) is 0 Å². The quantitative estimate of drug-likeness (QED) is 0.641. The van der Waals surface area contributed by atoms with Crippen molar-refractivity contribution in [3.8, 4) is 0 Å². The maximum Gasteiger partial charge on any atom is 0.254 e. The third-order valence-electron chi connectivity index (χ3n) is 5.09. The zero-order valence-corrected chi connectivity index (χ0v) is 17.2. The number of hydrogen-bond acceptors (Lipinski definition) is 4. The summed E-state index contributed by atoms with van der Waals surface area (Å²) in [5.74, 6) is 0.514. The summed E-state index contributed by atoms with van der Waals surface area (Å²) in [7, 11) is 0. The smallest absolute Gasteiger partial charge is 0.254 e. The lowest BCUT2D eigenvalue weighted by molar-refractivity contribution is 0.0936. The molecule has 0 spiro atoms. The van der Waals surface area contributed by atoms with Crippen LogP contribution in [0.25, 0.3) is 0 Å². The molecule has 1 aliphatic carbocycles. The molecule has 3 rings (SSSR count). The fraction of sp³-hybridized carbons (Fsp3) is 0.450. The average molecular weight is 414 g/mol. The van der Waals surface area contributed by atoms with E-state index < -0.39 is 0 Å². The van der Waals surface area contributed by atoms with E-state index in [1.165, 1.54) is 24.7 Å². The van der Waals surface area contributed by atoms with Gasteiger partial charge in [-0.25, -0.2) is 0 Å². The lowest BCUT2D eigenvalue weighted by atomic mass is 9.94. The molecule has 7 heteroatoms. The molecule has 0 saturated heterocycles. The van der Waals surface area contributed by atoms with Crippen LogP contribution in [0.5, 0.6) is 0 Å². The predicted octanol–water partition coefficient (Wildman–Crippen LogP) is 3.98. The minimum atomic E-state index is -0.108. The molecule has 27 heavy (non-hydrogen) atoms. The van der Waals surface area contributed by atoms with Gasteiger partial charge in [0.25, 0.3) is 5.91 Å². The second-order valence-electron chi connectivity index (χ2n) is 6.95. The van der Waals surface area contributed by atoms with Crippen LogP contribution in [0, 0.1) is 0 Å². The maximum absolute atomic E-state index is 12.4. The van der Waals surface area contributed by atoms with Gasteiger partial charge in [0, 0.05) is 18.1 Å². The summed E-state index contributed by atoms with van der Waals surface area (Å²) < 4.78 is 5.25. The molecular formula is C20H29Cl2N3O2. The number of rotatable bonds is 7. The van der Waals surface area contributed by atoms with E-state index >= 15 is 0 Å². The van der Waals surface area contributed by atoms with E-state index in [4.69, 9.17) is 10.2 Å². The van der Waals surface area contributed by atoms with Gasteiger partial charge >= 0.3 is 0 Å². The molecule has 1 aromatic heterocycles. The molecule has 0 radical (unpaired) electrons. The Bertz CT molecular complexity index is 700. The first-order valence-corrected chi connectivity index (χ1v) is 9.00. The molecule has 1 atom stereocenters. The Morgan fingerprint density at radius 2 is 1.89 bits per heavy atom. The van der Waals surface area contributed by atoms with Crippen LogP contribution in [-0.4, -0.2) is 18.0 Å². The Hall–Kier alpha value is -1.53. The van der Waals surface area contributed by atoms with Crippen molar-refractivity contribution in [2.75, 3.05) is 6.54 Å². The molecule has 1 amide bonds. The number of nitrogens with two attached hydrogens (primary N) is 1. The Morgan fingerprint density at radius 1 is 1.22 bits per heavy atom. The second kappa shape index (κ2) is 10.7. The molecule has 1 heterocycles. The van der Waals surface area contributed by atoms with Crippen LogP contribution in [0.1, 0.15) is 60.3 Å². The monoisotopic (exact) mass is 413 g/mol. The third-order valence-corrected chi connectivity index (χ3v) is 5.09. The number of halogens is 2. The van der Waals surface area contributed by atoms with E-state index in [0.717, 1.165) is 12.8 Å². The van der Waals surface area contributed by atoms with E-state index in [-0.39, 0.29) is 42.3 Å². The first-order valence-electron chi connectivity index (χ1n) is 9.00. The number of benzene rings is 1. The summed E-state index contributed by atoms with van der Waals surface area (Å²) in [5.41, 5.74) is 7.28. The molecule has 5 nitrogen and oxygen atoms in total. The fourth-order valence-corrected chi connectivity index (χ4v) is 3.67. The minimum Gasteiger partial charge on any atom is -0.467 e. The normalized spacial score (nSPS) is 16.1. The number of carbonyl (C=O) groups excluding carboxylic acids is 1. The molecular weight excluding hydrogens is 385 g/mol. The predicted molar refractivity (Wildman–Crippen MR) is 113 cm³/mol. The van der Waals surface area contributed by atoms with E-state index in [2.05, 4.69) is 41.8 Å². The topological polar surface area (TPSA) is 80.3 Å². The zero-order valence-electron chi connectivity index (χ0n) is 15.6. The van der Waals surface area contributed by atoms with Gasteiger partial charge in [0.2, 0.25) is 0 Å². The van der Waals surface area contributed by atoms with Gasteiger partial charge in [0.15, 0.2) is 0 Å². The summed E-state index contributed by atoms with van der Waals surface area (Å²) in [5, 5.41) is 6.85. The minimum absolute atomic E-state index is 0. The molecule has 1 aromatic carbocycles. The number of furan rings is 1. The van der Waals surface area contributed by atoms with Gasteiger partial charge in [-0.05, 0) is 31.4 Å². The highest BCUT2D eigenvalue weighted by molar-refractivity contribution is 5.94. The van der Waals surface area contributed by atoms with Gasteiger partial charge in [-0.15, -0.1) is 24.8 Å². The maximum atomic E-state index is 12.4. The van der Waals surface area contributed by atoms with Crippen molar-refractivity contribution in [1.29, 1.82) is 0 Å². The Morgan fingerprint density at radius 3 is 2.48 bits per heavy atom. The van der Waals surface area contributed by atoms with Crippen molar-refractivity contribution in [3.05, 3.63) is 59.5 Å². The number of amides is 1. The van der Waals surface area contributed by atoms with Crippen molar-refractivity contribution >= 4 is 30.7 Å². The number of nitrogens with one attached hydrogen (secondary N) is 2. The Kier molecular flexibility index (Phi) is 9.33.